The first kappa shape index (κ1) is 148. The third-order valence-corrected chi connectivity index (χ3v) is 24.9. The molecule has 0 spiro atoms. The zero-order valence-corrected chi connectivity index (χ0v) is 96.1. The Kier molecular flexibility index (Phi) is 108. The van der Waals surface area contributed by atoms with E-state index in [1.54, 1.807) is 32.0 Å². The maximum Gasteiger partial charge on any atom is 0.305 e. The summed E-state index contributed by atoms with van der Waals surface area (Å²) in [5.74, 6) is -0.918. The monoisotopic (exact) mass is 1920 g/mol. The lowest BCUT2D eigenvalue weighted by Gasteiger charge is -2.37. The number of rotatable bonds is 67. The van der Waals surface area contributed by atoms with Crippen LogP contribution in [0.1, 0.15) is 292 Å². The molecule has 0 radical (unpaired) electrons. The number of carbonyl (C=O) groups excluding carboxylic acids is 6. The summed E-state index contributed by atoms with van der Waals surface area (Å²) in [5.41, 5.74) is 0. The smallest absolute Gasteiger partial charge is 0.305 e. The molecule has 0 fully saturated rings. The van der Waals surface area contributed by atoms with E-state index in [9.17, 15) is 28.8 Å². The zero-order valence-electron chi connectivity index (χ0n) is 96.1. The van der Waals surface area contributed by atoms with Gasteiger partial charge in [-0.3, -0.25) is 28.8 Å². The Morgan fingerprint density at radius 1 is 0.195 bits per heavy atom. The standard InChI is InChI=1S/C14H30NO.C13H28NO2.C13H28NO.C12H26NO2.C11H24NO2.C11H24NO.C10H22NO2.C8H18NO2.C8H18NO.C7H16NO2/c1-5-9-11-15(8-4,10-6-2)12-14-16-13-7-3;1-5-8-10-14(7-3,9-6-2)11-12-16-13(4)15;1-5-9-14(8-4,10-6-2)11-13-15-12-7-3;1-5-8-13(7-3,9-6-2)10-11-15-12(4)14;1-5-11(13)14-10-9-12(6-2,7-3)8-4;1-5-10-13-11-9-12(6-2,7-3)8-4;1-5-11(6-2,7-3)8-9-13-10(4)12;1-5-8(10)11-7-6-9(2,3)4;1-5-7-10-8-6-9(2,3)4;1-7(9)10-6-5-8(2,3)4/h7,13H,5-6,8-12,14H2,1-4H3;5-12H2,1-4H3;7,12H,5-6,8-11,13H2,1-4H3;5-11H2,1-4H3;5-10H2,1-4H3;5,10H,6-9,11H2,1-4H3;5-9H2,1-4H3;5-7H2,1-4H3;5,7H,6,8H2,1-4H3;5-6H2,1-4H3/q10*+1/b13-7+;;12-7+;;;10-5+;;;7-5+;. The molecule has 0 saturated heterocycles. The number of hydrogen-bond acceptors (Lipinski definition) is 16. The molecule has 0 rings (SSSR count). The minimum Gasteiger partial charge on any atom is -0.496 e. The largest absolute Gasteiger partial charge is 0.496 e. The summed E-state index contributed by atoms with van der Waals surface area (Å²) in [6.07, 6.45) is 28.2. The van der Waals surface area contributed by atoms with E-state index in [1.165, 1.54) is 186 Å². The molecule has 0 aliphatic heterocycles. The van der Waals surface area contributed by atoms with Crippen LogP contribution in [0.4, 0.5) is 0 Å². The fraction of sp³-hybridized carbons (Fsp3) is 0.869. The van der Waals surface area contributed by atoms with E-state index in [4.69, 9.17) is 47.4 Å². The summed E-state index contributed by atoms with van der Waals surface area (Å²) < 4.78 is 61.7. The Morgan fingerprint density at radius 2 is 0.353 bits per heavy atom. The minimum absolute atomic E-state index is 0.0913. The predicted octanol–water partition coefficient (Wildman–Crippen LogP) is 19.4. The van der Waals surface area contributed by atoms with Crippen molar-refractivity contribution >= 4 is 35.8 Å². The van der Waals surface area contributed by atoms with Crippen molar-refractivity contribution in [3.05, 3.63) is 49.4 Å². The van der Waals surface area contributed by atoms with Gasteiger partial charge in [-0.15, -0.1) is 0 Å². The van der Waals surface area contributed by atoms with Gasteiger partial charge in [0.15, 0.2) is 0 Å². The van der Waals surface area contributed by atoms with E-state index in [0.717, 1.165) is 180 Å². The summed E-state index contributed by atoms with van der Waals surface area (Å²) >= 11 is 0. The molecule has 0 aliphatic carbocycles. The van der Waals surface area contributed by atoms with Crippen LogP contribution in [-0.2, 0) is 76.1 Å². The van der Waals surface area contributed by atoms with Crippen molar-refractivity contribution in [2.45, 2.75) is 292 Å². The summed E-state index contributed by atoms with van der Waals surface area (Å²) in [7, 11) is 18.8. The molecule has 0 amide bonds. The zero-order chi connectivity index (χ0) is 105. The van der Waals surface area contributed by atoms with Crippen LogP contribution >= 0.6 is 0 Å². The number of allylic oxidation sites excluding steroid dienone is 4. The number of ether oxygens (including phenoxy) is 10. The molecule has 133 heavy (non-hydrogen) atoms. The fourth-order valence-electron chi connectivity index (χ4n) is 14.8. The topological polar surface area (TPSA) is 195 Å². The van der Waals surface area contributed by atoms with Crippen LogP contribution in [0.25, 0.3) is 0 Å². The second-order valence-corrected chi connectivity index (χ2v) is 38.0. The number of esters is 6. The van der Waals surface area contributed by atoms with Crippen molar-refractivity contribution in [1.29, 1.82) is 0 Å². The maximum atomic E-state index is 10.9. The predicted molar refractivity (Wildman–Crippen MR) is 564 cm³/mol. The lowest BCUT2D eigenvalue weighted by molar-refractivity contribution is -0.927. The number of nitrogens with zero attached hydrogens (tertiary/aromatic N) is 10. The number of quaternary nitrogens is 10. The molecule has 2 unspecified atom stereocenters. The third-order valence-electron chi connectivity index (χ3n) is 24.9. The molecular weight excluding hydrogens is 1680 g/mol. The van der Waals surface area contributed by atoms with E-state index >= 15 is 0 Å². The molecule has 0 aromatic heterocycles. The van der Waals surface area contributed by atoms with E-state index < -0.39 is 0 Å². The van der Waals surface area contributed by atoms with E-state index in [1.807, 2.05) is 58.9 Å². The van der Waals surface area contributed by atoms with Gasteiger partial charge in [-0.2, -0.15) is 0 Å². The first-order valence-corrected chi connectivity index (χ1v) is 52.7. The van der Waals surface area contributed by atoms with Gasteiger partial charge in [0.05, 0.1) is 226 Å². The maximum absolute atomic E-state index is 10.9. The van der Waals surface area contributed by atoms with Crippen molar-refractivity contribution in [3.8, 4) is 0 Å². The summed E-state index contributed by atoms with van der Waals surface area (Å²) in [4.78, 5) is 63.9. The van der Waals surface area contributed by atoms with Crippen molar-refractivity contribution in [3.63, 3.8) is 0 Å². The number of unbranched alkanes of at least 4 members (excludes halogenated alkanes) is 2. The van der Waals surface area contributed by atoms with E-state index in [2.05, 4.69) is 209 Å². The lowest BCUT2D eigenvalue weighted by Crippen LogP contribution is -2.51. The number of likely N-dealkylation sites (N-methyl/N-ethyl adjacent to an activating group) is 10. The molecule has 798 valence electrons. The van der Waals surface area contributed by atoms with Gasteiger partial charge in [-0.05, 0) is 169 Å². The van der Waals surface area contributed by atoms with Crippen molar-refractivity contribution in [1.82, 2.24) is 0 Å². The minimum atomic E-state index is -0.201. The molecule has 2 atom stereocenters. The Balaban J connectivity index is -0.000000159. The number of hydrogen-bond donors (Lipinski definition) is 0. The van der Waals surface area contributed by atoms with Gasteiger partial charge < -0.3 is 92.2 Å². The molecule has 0 aromatic carbocycles. The molecule has 0 aliphatic rings. The van der Waals surface area contributed by atoms with Gasteiger partial charge in [-0.25, -0.2) is 0 Å². The van der Waals surface area contributed by atoms with Gasteiger partial charge in [-0.1, -0.05) is 106 Å². The Hall–Kier alpha value is -5.42. The van der Waals surface area contributed by atoms with Crippen LogP contribution in [0.3, 0.4) is 0 Å². The van der Waals surface area contributed by atoms with Crippen molar-refractivity contribution in [2.24, 2.45) is 0 Å². The first-order valence-electron chi connectivity index (χ1n) is 52.7. The molecule has 26 nitrogen and oxygen atoms in total. The molecule has 0 N–H and O–H groups in total. The Labute approximate surface area is 826 Å². The molecule has 0 aromatic rings. The van der Waals surface area contributed by atoms with Crippen LogP contribution < -0.4 is 0 Å². The van der Waals surface area contributed by atoms with Crippen LogP contribution in [0.15, 0.2) is 49.4 Å². The van der Waals surface area contributed by atoms with Crippen LogP contribution in [0.5, 0.6) is 0 Å². The highest BCUT2D eigenvalue weighted by Crippen LogP contribution is 2.16. The molecule has 0 bridgehead atoms. The van der Waals surface area contributed by atoms with Gasteiger partial charge in [0, 0.05) is 40.5 Å². The number of carbonyl (C=O) groups is 6. The molecular formula is C107H234N10O16+10. The SMILES string of the molecule is C/C=C/OCC[N+](C)(C)C.C/C=C/OCC[N+](CC)(CC)CC.C/C=C/OCC[N+](CC)(CCC)CCC.C/C=C/OCC[N+](CC)(CCC)CCCC.CC(=O)OCC[N+](C)(C)C.CCC(=O)OCC[N+](C)(C)C.CCC(=O)OCC[N+](CC)(CC)CC.CCCC[N+](CC)(CCC)CCOC(C)=O.CCC[N+](CC)(CCC)CCOC(C)=O.CC[N+](CC)(CC)CCOC(C)=O. The first-order chi connectivity index (χ1) is 62.6. The third kappa shape index (κ3) is 98.0. The Bertz CT molecular complexity index is 2670. The van der Waals surface area contributed by atoms with Gasteiger partial charge >= 0.3 is 35.8 Å². The molecule has 0 saturated carbocycles. The summed E-state index contributed by atoms with van der Waals surface area (Å²) in [6, 6.07) is 0. The van der Waals surface area contributed by atoms with E-state index in [-0.39, 0.29) is 35.8 Å². The van der Waals surface area contributed by atoms with Gasteiger partial charge in [0.25, 0.3) is 0 Å². The molecule has 0 heterocycles. The van der Waals surface area contributed by atoms with E-state index in [0.29, 0.717) is 52.5 Å². The van der Waals surface area contributed by atoms with Crippen LogP contribution in [-0.4, -0.2) is 413 Å². The summed E-state index contributed by atoms with van der Waals surface area (Å²) in [6.45, 7) is 106. The van der Waals surface area contributed by atoms with Crippen LogP contribution in [0, 0.1) is 0 Å². The highest BCUT2D eigenvalue weighted by atomic mass is 16.6. The Morgan fingerprint density at radius 3 is 0.526 bits per heavy atom. The second kappa shape index (κ2) is 96.8. The quantitative estimate of drug-likeness (QED) is 0.0183. The molecule has 26 heteroatoms. The van der Waals surface area contributed by atoms with Gasteiger partial charge in [0.1, 0.15) is 132 Å². The average molecular weight is 1920 g/mol. The van der Waals surface area contributed by atoms with Crippen molar-refractivity contribution < 1.29 is 121 Å². The van der Waals surface area contributed by atoms with Crippen molar-refractivity contribution in [2.75, 3.05) is 332 Å². The summed E-state index contributed by atoms with van der Waals surface area (Å²) in [5, 5.41) is 0. The normalized spacial score (nSPS) is 12.5. The average Bonchev–Trinajstić information content (AvgIpc) is 0.863. The second-order valence-electron chi connectivity index (χ2n) is 38.0. The van der Waals surface area contributed by atoms with Gasteiger partial charge in [0.2, 0.25) is 0 Å². The fourth-order valence-corrected chi connectivity index (χ4v) is 14.8. The lowest BCUT2D eigenvalue weighted by atomic mass is 10.2. The highest BCUT2D eigenvalue weighted by Gasteiger charge is 2.29. The highest BCUT2D eigenvalue weighted by molar-refractivity contribution is 5.69. The van der Waals surface area contributed by atoms with Crippen LogP contribution in [0.2, 0.25) is 0 Å².